The van der Waals surface area contributed by atoms with Crippen molar-refractivity contribution >= 4 is 17.8 Å². The lowest BCUT2D eigenvalue weighted by Gasteiger charge is -2.03. The molecule has 0 unspecified atom stereocenters. The second-order valence-corrected chi connectivity index (χ2v) is 3.26. The topological polar surface area (TPSA) is 72.5 Å². The van der Waals surface area contributed by atoms with Crippen LogP contribution in [-0.2, 0) is 25.5 Å². The summed E-state index contributed by atoms with van der Waals surface area (Å²) in [5.41, 5.74) is 0.765. The van der Waals surface area contributed by atoms with Crippen LogP contribution in [0.2, 0.25) is 0 Å². The van der Waals surface area contributed by atoms with Gasteiger partial charge in [0.25, 0.3) is 0 Å². The van der Waals surface area contributed by atoms with Crippen LogP contribution in [0.3, 0.4) is 0 Å². The predicted octanol–water partition coefficient (Wildman–Crippen LogP) is 0.435. The van der Waals surface area contributed by atoms with Crippen LogP contribution in [0.15, 0.2) is 30.3 Å². The maximum Gasteiger partial charge on any atom is 0.397 e. The maximum atomic E-state index is 11.4. The van der Waals surface area contributed by atoms with Crippen LogP contribution in [0, 0.1) is 0 Å². The summed E-state index contributed by atoms with van der Waals surface area (Å²) in [7, 11) is 0. The molecule has 0 saturated heterocycles. The molecule has 0 aromatic heterocycles. The predicted molar refractivity (Wildman–Crippen MR) is 59.9 cm³/mol. The Morgan fingerprint density at radius 1 is 1.18 bits per heavy atom. The Morgan fingerprint density at radius 2 is 1.82 bits per heavy atom. The summed E-state index contributed by atoms with van der Waals surface area (Å²) >= 11 is 0. The fourth-order valence-corrected chi connectivity index (χ4v) is 1.20. The summed E-state index contributed by atoms with van der Waals surface area (Å²) < 4.78 is 4.45. The number of hydrogen-bond donors (Lipinski definition) is 1. The molecule has 0 fully saturated rings. The van der Waals surface area contributed by atoms with Gasteiger partial charge in [0.1, 0.15) is 0 Å². The van der Waals surface area contributed by atoms with Crippen molar-refractivity contribution in [3.05, 3.63) is 35.9 Å². The van der Waals surface area contributed by atoms with E-state index in [1.807, 2.05) is 11.4 Å². The molecule has 0 spiro atoms. The average Bonchev–Trinajstić information content (AvgIpc) is 2.30. The number of amides is 2. The van der Waals surface area contributed by atoms with Gasteiger partial charge in [0, 0.05) is 0 Å². The lowest BCUT2D eigenvalue weighted by Crippen LogP contribution is -2.37. The van der Waals surface area contributed by atoms with Gasteiger partial charge >= 0.3 is 11.9 Å². The minimum atomic E-state index is -1.05. The number of nitrogens with one attached hydrogen (secondary N) is 1. The third kappa shape index (κ3) is 4.46. The first-order valence-electron chi connectivity index (χ1n) is 5.18. The number of imide groups is 1. The normalized spacial score (nSPS) is 9.47. The van der Waals surface area contributed by atoms with Gasteiger partial charge in [0.2, 0.25) is 5.91 Å². The van der Waals surface area contributed by atoms with Crippen LogP contribution < -0.4 is 5.32 Å². The van der Waals surface area contributed by atoms with Crippen LogP contribution in [0.5, 0.6) is 0 Å². The quantitative estimate of drug-likeness (QED) is 0.609. The summed E-state index contributed by atoms with van der Waals surface area (Å²) in [5, 5.41) is 1.96. The maximum absolute atomic E-state index is 11.4. The standard InChI is InChI=1S/C12H13NO4/c1-2-17-12(16)11(15)13-10(14)8-9-6-4-3-5-7-9/h3-7H,2,8H2,1H3,(H,13,14,15). The van der Waals surface area contributed by atoms with Gasteiger partial charge in [-0.1, -0.05) is 30.3 Å². The Hall–Kier alpha value is -2.17. The van der Waals surface area contributed by atoms with E-state index in [1.54, 1.807) is 31.2 Å². The van der Waals surface area contributed by atoms with Gasteiger partial charge < -0.3 is 4.74 Å². The van der Waals surface area contributed by atoms with Gasteiger partial charge in [0.15, 0.2) is 0 Å². The molecule has 0 aliphatic carbocycles. The highest BCUT2D eigenvalue weighted by molar-refractivity contribution is 6.35. The van der Waals surface area contributed by atoms with Crippen molar-refractivity contribution in [2.75, 3.05) is 6.61 Å². The molecule has 0 atom stereocenters. The largest absolute Gasteiger partial charge is 0.459 e. The smallest absolute Gasteiger partial charge is 0.397 e. The molecule has 0 heterocycles. The molecule has 5 nitrogen and oxygen atoms in total. The summed E-state index contributed by atoms with van der Waals surface area (Å²) in [6, 6.07) is 8.92. The Morgan fingerprint density at radius 3 is 2.41 bits per heavy atom. The highest BCUT2D eigenvalue weighted by Gasteiger charge is 2.17. The SMILES string of the molecule is CCOC(=O)C(=O)NC(=O)Cc1ccccc1. The molecule has 1 aromatic rings. The zero-order valence-corrected chi connectivity index (χ0v) is 9.43. The zero-order chi connectivity index (χ0) is 12.7. The van der Waals surface area contributed by atoms with Gasteiger partial charge in [-0.3, -0.25) is 14.9 Å². The Kier molecular flexibility index (Phi) is 4.87. The summed E-state index contributed by atoms with van der Waals surface area (Å²) in [6.07, 6.45) is 0.0476. The van der Waals surface area contributed by atoms with E-state index in [-0.39, 0.29) is 13.0 Å². The van der Waals surface area contributed by atoms with E-state index in [0.29, 0.717) is 0 Å². The Bertz CT molecular complexity index is 414. The highest BCUT2D eigenvalue weighted by Crippen LogP contribution is 1.98. The number of esters is 1. The van der Waals surface area contributed by atoms with Crippen LogP contribution >= 0.6 is 0 Å². The van der Waals surface area contributed by atoms with E-state index >= 15 is 0 Å². The van der Waals surface area contributed by atoms with Crippen molar-refractivity contribution in [2.45, 2.75) is 13.3 Å². The number of hydrogen-bond acceptors (Lipinski definition) is 4. The second-order valence-electron chi connectivity index (χ2n) is 3.26. The molecule has 0 bridgehead atoms. The minimum absolute atomic E-state index is 0.0476. The number of ether oxygens (including phenoxy) is 1. The molecule has 90 valence electrons. The van der Waals surface area contributed by atoms with Crippen molar-refractivity contribution in [1.82, 2.24) is 5.32 Å². The Balaban J connectivity index is 2.45. The van der Waals surface area contributed by atoms with Crippen molar-refractivity contribution < 1.29 is 19.1 Å². The first-order valence-corrected chi connectivity index (χ1v) is 5.18. The van der Waals surface area contributed by atoms with Gasteiger partial charge in [-0.25, -0.2) is 4.79 Å². The molecule has 0 aliphatic heterocycles. The van der Waals surface area contributed by atoms with Crippen LogP contribution in [0.4, 0.5) is 0 Å². The first-order chi connectivity index (χ1) is 8.13. The van der Waals surface area contributed by atoms with Crippen LogP contribution in [-0.4, -0.2) is 24.4 Å². The van der Waals surface area contributed by atoms with E-state index in [9.17, 15) is 14.4 Å². The molecule has 5 heteroatoms. The van der Waals surface area contributed by atoms with Crippen molar-refractivity contribution in [1.29, 1.82) is 0 Å². The molecular weight excluding hydrogens is 222 g/mol. The molecule has 1 aromatic carbocycles. The van der Waals surface area contributed by atoms with Crippen molar-refractivity contribution in [2.24, 2.45) is 0 Å². The van der Waals surface area contributed by atoms with Gasteiger partial charge in [-0.15, -0.1) is 0 Å². The summed E-state index contributed by atoms with van der Waals surface area (Å²) in [6.45, 7) is 1.68. The van der Waals surface area contributed by atoms with E-state index in [2.05, 4.69) is 4.74 Å². The molecule has 2 amide bonds. The number of carbonyl (C=O) groups is 3. The van der Waals surface area contributed by atoms with Crippen molar-refractivity contribution in [3.8, 4) is 0 Å². The number of rotatable bonds is 3. The average molecular weight is 235 g/mol. The van der Waals surface area contributed by atoms with E-state index in [4.69, 9.17) is 0 Å². The van der Waals surface area contributed by atoms with Gasteiger partial charge in [0.05, 0.1) is 13.0 Å². The number of carbonyl (C=O) groups excluding carboxylic acids is 3. The molecule has 0 saturated carbocycles. The lowest BCUT2D eigenvalue weighted by atomic mass is 10.1. The Labute approximate surface area is 98.8 Å². The third-order valence-corrected chi connectivity index (χ3v) is 1.92. The highest BCUT2D eigenvalue weighted by atomic mass is 16.5. The molecular formula is C12H13NO4. The first kappa shape index (κ1) is 12.9. The fraction of sp³-hybridized carbons (Fsp3) is 0.250. The molecule has 0 aliphatic rings. The van der Waals surface area contributed by atoms with Crippen molar-refractivity contribution in [3.63, 3.8) is 0 Å². The fourth-order valence-electron chi connectivity index (χ4n) is 1.20. The minimum Gasteiger partial charge on any atom is -0.459 e. The van der Waals surface area contributed by atoms with Crippen LogP contribution in [0.25, 0.3) is 0 Å². The van der Waals surface area contributed by atoms with E-state index in [0.717, 1.165) is 5.56 Å². The summed E-state index contributed by atoms with van der Waals surface area (Å²) in [4.78, 5) is 33.5. The second kappa shape index (κ2) is 6.42. The molecule has 1 rings (SSSR count). The zero-order valence-electron chi connectivity index (χ0n) is 9.43. The number of benzene rings is 1. The third-order valence-electron chi connectivity index (χ3n) is 1.92. The van der Waals surface area contributed by atoms with Crippen LogP contribution in [0.1, 0.15) is 12.5 Å². The van der Waals surface area contributed by atoms with Gasteiger partial charge in [-0.05, 0) is 12.5 Å². The van der Waals surface area contributed by atoms with E-state index < -0.39 is 17.8 Å². The lowest BCUT2D eigenvalue weighted by molar-refractivity contribution is -0.155. The molecule has 1 N–H and O–H groups in total. The molecule has 17 heavy (non-hydrogen) atoms. The molecule has 0 radical (unpaired) electrons. The van der Waals surface area contributed by atoms with Gasteiger partial charge in [-0.2, -0.15) is 0 Å². The monoisotopic (exact) mass is 235 g/mol. The summed E-state index contributed by atoms with van der Waals surface area (Å²) in [5.74, 6) is -2.61. The van der Waals surface area contributed by atoms with E-state index in [1.165, 1.54) is 0 Å².